The Morgan fingerprint density at radius 2 is 1.90 bits per heavy atom. The highest BCUT2D eigenvalue weighted by molar-refractivity contribution is 6.33. The number of halogens is 2. The van der Waals surface area contributed by atoms with Crippen molar-refractivity contribution in [1.29, 1.82) is 0 Å². The topological polar surface area (TPSA) is 32.3 Å². The summed E-state index contributed by atoms with van der Waals surface area (Å²) in [7, 11) is 0. The molecule has 1 unspecified atom stereocenters. The quantitative estimate of drug-likeness (QED) is 0.836. The molecule has 0 aromatic heterocycles. The molecule has 2 rings (SSSR count). The maximum Gasteiger partial charge on any atom is 0.0929 e. The van der Waals surface area contributed by atoms with Gasteiger partial charge in [0.15, 0.2) is 0 Å². The molecule has 0 aliphatic rings. The number of benzene rings is 2. The van der Waals surface area contributed by atoms with Gasteiger partial charge >= 0.3 is 0 Å². The molecule has 0 aliphatic heterocycles. The minimum atomic E-state index is -0.691. The summed E-state index contributed by atoms with van der Waals surface area (Å²) in [6.07, 6.45) is -0.691. The van der Waals surface area contributed by atoms with E-state index in [1.165, 1.54) is 11.1 Å². The van der Waals surface area contributed by atoms with Gasteiger partial charge in [-0.15, -0.1) is 0 Å². The summed E-state index contributed by atoms with van der Waals surface area (Å²) in [5.41, 5.74) is 3.06. The molecule has 2 aromatic rings. The number of rotatable bonds is 5. The SMILES string of the molecule is Cc1cccc([C@@H](C)NCC(O)c2cc(Cl)ccc2Cl)c1. The van der Waals surface area contributed by atoms with E-state index in [0.29, 0.717) is 22.2 Å². The molecule has 21 heavy (non-hydrogen) atoms. The highest BCUT2D eigenvalue weighted by atomic mass is 35.5. The van der Waals surface area contributed by atoms with Crippen molar-refractivity contribution in [2.45, 2.75) is 26.0 Å². The van der Waals surface area contributed by atoms with Crippen molar-refractivity contribution in [2.75, 3.05) is 6.54 Å². The van der Waals surface area contributed by atoms with Crippen molar-refractivity contribution in [2.24, 2.45) is 0 Å². The van der Waals surface area contributed by atoms with Gasteiger partial charge in [-0.25, -0.2) is 0 Å². The zero-order valence-electron chi connectivity index (χ0n) is 12.1. The summed E-state index contributed by atoms with van der Waals surface area (Å²) >= 11 is 12.0. The highest BCUT2D eigenvalue weighted by Gasteiger charge is 2.14. The Morgan fingerprint density at radius 1 is 1.14 bits per heavy atom. The van der Waals surface area contributed by atoms with Crippen LogP contribution in [0.4, 0.5) is 0 Å². The van der Waals surface area contributed by atoms with Crippen molar-refractivity contribution < 1.29 is 5.11 Å². The second-order valence-corrected chi connectivity index (χ2v) is 6.07. The first-order valence-corrected chi connectivity index (χ1v) is 7.66. The third kappa shape index (κ3) is 4.45. The second-order valence-electron chi connectivity index (χ2n) is 5.23. The van der Waals surface area contributed by atoms with Crippen LogP contribution < -0.4 is 5.32 Å². The van der Waals surface area contributed by atoms with Gasteiger partial charge in [0.05, 0.1) is 6.10 Å². The average Bonchev–Trinajstić information content (AvgIpc) is 2.47. The lowest BCUT2D eigenvalue weighted by atomic mass is 10.0. The fraction of sp³-hybridized carbons (Fsp3) is 0.294. The lowest BCUT2D eigenvalue weighted by Crippen LogP contribution is -2.24. The number of aliphatic hydroxyl groups is 1. The Hall–Kier alpha value is -1.06. The highest BCUT2D eigenvalue weighted by Crippen LogP contribution is 2.26. The Bertz CT molecular complexity index is 615. The third-order valence-corrected chi connectivity index (χ3v) is 4.06. The molecule has 0 heterocycles. The molecule has 0 aliphatic carbocycles. The van der Waals surface area contributed by atoms with E-state index in [-0.39, 0.29) is 6.04 Å². The Balaban J connectivity index is 2.00. The van der Waals surface area contributed by atoms with Crippen LogP contribution in [0.25, 0.3) is 0 Å². The molecule has 2 atom stereocenters. The fourth-order valence-corrected chi connectivity index (χ4v) is 2.65. The summed E-state index contributed by atoms with van der Waals surface area (Å²) in [5.74, 6) is 0. The number of aliphatic hydroxyl groups excluding tert-OH is 1. The van der Waals surface area contributed by atoms with Gasteiger partial charge in [0.1, 0.15) is 0 Å². The van der Waals surface area contributed by atoms with Crippen LogP contribution in [0.1, 0.15) is 35.8 Å². The van der Waals surface area contributed by atoms with Crippen molar-refractivity contribution in [3.8, 4) is 0 Å². The van der Waals surface area contributed by atoms with Gasteiger partial charge in [0.25, 0.3) is 0 Å². The van der Waals surface area contributed by atoms with E-state index in [2.05, 4.69) is 37.4 Å². The normalized spacial score (nSPS) is 14.0. The lowest BCUT2D eigenvalue weighted by molar-refractivity contribution is 0.171. The lowest BCUT2D eigenvalue weighted by Gasteiger charge is -2.19. The number of hydrogen-bond acceptors (Lipinski definition) is 2. The third-order valence-electron chi connectivity index (χ3n) is 3.48. The van der Waals surface area contributed by atoms with Crippen molar-refractivity contribution in [3.63, 3.8) is 0 Å². The van der Waals surface area contributed by atoms with Crippen molar-refractivity contribution in [3.05, 3.63) is 69.2 Å². The van der Waals surface area contributed by atoms with Crippen molar-refractivity contribution >= 4 is 23.2 Å². The maximum atomic E-state index is 10.3. The molecule has 0 bridgehead atoms. The van der Waals surface area contributed by atoms with Crippen LogP contribution in [0.5, 0.6) is 0 Å². The first-order chi connectivity index (χ1) is 9.97. The van der Waals surface area contributed by atoms with Gasteiger partial charge < -0.3 is 10.4 Å². The standard InChI is InChI=1S/C17H19Cl2NO/c1-11-4-3-5-13(8-11)12(2)20-10-17(21)15-9-14(18)6-7-16(15)19/h3-9,12,17,20-21H,10H2,1-2H3/t12-,17?/m1/s1. The van der Waals surface area contributed by atoms with Crippen LogP contribution in [0, 0.1) is 6.92 Å². The van der Waals surface area contributed by atoms with E-state index in [4.69, 9.17) is 23.2 Å². The van der Waals surface area contributed by atoms with E-state index in [1.807, 2.05) is 6.07 Å². The molecule has 0 spiro atoms. The molecule has 0 radical (unpaired) electrons. The molecule has 2 N–H and O–H groups in total. The number of hydrogen-bond donors (Lipinski definition) is 2. The van der Waals surface area contributed by atoms with Crippen LogP contribution >= 0.6 is 23.2 Å². The first kappa shape index (κ1) is 16.3. The summed E-state index contributed by atoms with van der Waals surface area (Å²) in [5, 5.41) is 14.7. The monoisotopic (exact) mass is 323 g/mol. The first-order valence-electron chi connectivity index (χ1n) is 6.90. The van der Waals surface area contributed by atoms with Gasteiger partial charge in [-0.1, -0.05) is 53.0 Å². The zero-order valence-corrected chi connectivity index (χ0v) is 13.6. The molecule has 2 aromatic carbocycles. The van der Waals surface area contributed by atoms with Gasteiger partial charge in [0, 0.05) is 28.2 Å². The molecule has 0 saturated heterocycles. The van der Waals surface area contributed by atoms with Crippen molar-refractivity contribution in [1.82, 2.24) is 5.32 Å². The maximum absolute atomic E-state index is 10.3. The predicted octanol–water partition coefficient (Wildman–Crippen LogP) is 4.69. The van der Waals surface area contributed by atoms with E-state index in [1.54, 1.807) is 18.2 Å². The molecular weight excluding hydrogens is 305 g/mol. The molecule has 0 amide bonds. The summed E-state index contributed by atoms with van der Waals surface area (Å²) in [6, 6.07) is 13.6. The Labute approximate surface area is 135 Å². The minimum Gasteiger partial charge on any atom is -0.387 e. The summed E-state index contributed by atoms with van der Waals surface area (Å²) in [6.45, 7) is 4.55. The van der Waals surface area contributed by atoms with Gasteiger partial charge in [0.2, 0.25) is 0 Å². The molecule has 112 valence electrons. The van der Waals surface area contributed by atoms with Crippen LogP contribution in [0.2, 0.25) is 10.0 Å². The number of aryl methyl sites for hydroxylation is 1. The van der Waals surface area contributed by atoms with Gasteiger partial charge in [-0.3, -0.25) is 0 Å². The van der Waals surface area contributed by atoms with Crippen LogP contribution in [0.15, 0.2) is 42.5 Å². The van der Waals surface area contributed by atoms with Crippen LogP contribution in [-0.2, 0) is 0 Å². The molecule has 4 heteroatoms. The molecular formula is C17H19Cl2NO. The van der Waals surface area contributed by atoms with Crippen LogP contribution in [-0.4, -0.2) is 11.7 Å². The Morgan fingerprint density at radius 3 is 2.62 bits per heavy atom. The van der Waals surface area contributed by atoms with E-state index in [0.717, 1.165) is 0 Å². The predicted molar refractivity (Wildman–Crippen MR) is 89.0 cm³/mol. The number of nitrogens with one attached hydrogen (secondary N) is 1. The molecule has 2 nitrogen and oxygen atoms in total. The van der Waals surface area contributed by atoms with Gasteiger partial charge in [-0.2, -0.15) is 0 Å². The second kappa shape index (κ2) is 7.28. The van der Waals surface area contributed by atoms with E-state index < -0.39 is 6.10 Å². The summed E-state index contributed by atoms with van der Waals surface area (Å²) < 4.78 is 0. The average molecular weight is 324 g/mol. The Kier molecular flexibility index (Phi) is 5.65. The molecule has 0 fully saturated rings. The largest absolute Gasteiger partial charge is 0.387 e. The van der Waals surface area contributed by atoms with Crippen LogP contribution in [0.3, 0.4) is 0 Å². The minimum absolute atomic E-state index is 0.150. The van der Waals surface area contributed by atoms with E-state index in [9.17, 15) is 5.11 Å². The fourth-order valence-electron chi connectivity index (χ4n) is 2.23. The van der Waals surface area contributed by atoms with Gasteiger partial charge in [-0.05, 0) is 37.6 Å². The zero-order chi connectivity index (χ0) is 15.4. The smallest absolute Gasteiger partial charge is 0.0929 e. The van der Waals surface area contributed by atoms with E-state index >= 15 is 0 Å². The summed E-state index contributed by atoms with van der Waals surface area (Å²) in [4.78, 5) is 0. The molecule has 0 saturated carbocycles.